The maximum Gasteiger partial charge on any atom is 0.411 e. The summed E-state index contributed by atoms with van der Waals surface area (Å²) >= 11 is 0. The van der Waals surface area contributed by atoms with E-state index in [4.69, 9.17) is 9.47 Å². The van der Waals surface area contributed by atoms with Crippen LogP contribution in [0.4, 0.5) is 15.3 Å². The highest BCUT2D eigenvalue weighted by molar-refractivity contribution is 5.84. The highest BCUT2D eigenvalue weighted by Crippen LogP contribution is 2.29. The largest absolute Gasteiger partial charge is 0.450 e. The molecule has 0 radical (unpaired) electrons. The van der Waals surface area contributed by atoms with Crippen LogP contribution in [0.1, 0.15) is 52.0 Å². The van der Waals surface area contributed by atoms with Crippen molar-refractivity contribution in [3.63, 3.8) is 0 Å². The molecule has 2 rings (SSSR count). The van der Waals surface area contributed by atoms with E-state index in [0.29, 0.717) is 31.3 Å². The van der Waals surface area contributed by atoms with Gasteiger partial charge in [-0.25, -0.2) is 9.59 Å². The summed E-state index contributed by atoms with van der Waals surface area (Å²) in [6.07, 6.45) is 1.13. The lowest BCUT2D eigenvalue weighted by molar-refractivity contribution is 0.0205. The molecule has 2 amide bonds. The SMILES string of the molecule is CCOC(=O)Nc1ccc(C2CCN(C(=O)OC(C)(C)C)CC2)cc1. The van der Waals surface area contributed by atoms with Gasteiger partial charge in [-0.05, 0) is 64.2 Å². The number of anilines is 1. The molecule has 6 heteroatoms. The molecule has 138 valence electrons. The lowest BCUT2D eigenvalue weighted by atomic mass is 9.89. The lowest BCUT2D eigenvalue weighted by Crippen LogP contribution is -2.41. The minimum absolute atomic E-state index is 0.236. The second kappa shape index (κ2) is 8.23. The van der Waals surface area contributed by atoms with Gasteiger partial charge >= 0.3 is 12.2 Å². The first-order valence-corrected chi connectivity index (χ1v) is 8.80. The molecule has 0 aromatic heterocycles. The summed E-state index contributed by atoms with van der Waals surface area (Å²) < 4.78 is 10.3. The van der Waals surface area contributed by atoms with E-state index in [9.17, 15) is 9.59 Å². The number of benzene rings is 1. The molecule has 1 N–H and O–H groups in total. The van der Waals surface area contributed by atoms with Crippen LogP contribution in [-0.2, 0) is 9.47 Å². The summed E-state index contributed by atoms with van der Waals surface area (Å²) in [7, 11) is 0. The number of nitrogens with one attached hydrogen (secondary N) is 1. The third-order valence-corrected chi connectivity index (χ3v) is 4.05. The molecule has 25 heavy (non-hydrogen) atoms. The van der Waals surface area contributed by atoms with Gasteiger partial charge in [0.25, 0.3) is 0 Å². The van der Waals surface area contributed by atoms with Crippen LogP contribution in [0.15, 0.2) is 24.3 Å². The highest BCUT2D eigenvalue weighted by Gasteiger charge is 2.27. The fourth-order valence-corrected chi connectivity index (χ4v) is 2.85. The number of amides is 2. The zero-order valence-corrected chi connectivity index (χ0v) is 15.5. The van der Waals surface area contributed by atoms with Crippen molar-refractivity contribution in [3.05, 3.63) is 29.8 Å². The van der Waals surface area contributed by atoms with Crippen LogP contribution in [0.3, 0.4) is 0 Å². The number of nitrogens with zero attached hydrogens (tertiary/aromatic N) is 1. The van der Waals surface area contributed by atoms with Gasteiger partial charge < -0.3 is 14.4 Å². The molecule has 0 aliphatic carbocycles. The van der Waals surface area contributed by atoms with Crippen molar-refractivity contribution < 1.29 is 19.1 Å². The van der Waals surface area contributed by atoms with Crippen molar-refractivity contribution in [1.29, 1.82) is 0 Å². The molecule has 0 bridgehead atoms. The van der Waals surface area contributed by atoms with E-state index in [1.165, 1.54) is 5.56 Å². The zero-order chi connectivity index (χ0) is 18.4. The predicted molar refractivity (Wildman–Crippen MR) is 96.9 cm³/mol. The molecular weight excluding hydrogens is 320 g/mol. The maximum atomic E-state index is 12.1. The van der Waals surface area contributed by atoms with Crippen molar-refractivity contribution in [2.45, 2.75) is 52.1 Å². The summed E-state index contributed by atoms with van der Waals surface area (Å²) in [4.78, 5) is 25.3. The third-order valence-electron chi connectivity index (χ3n) is 4.05. The third kappa shape index (κ3) is 5.96. The Balaban J connectivity index is 1.86. The topological polar surface area (TPSA) is 67.9 Å². The molecule has 1 fully saturated rings. The minimum atomic E-state index is -0.463. The van der Waals surface area contributed by atoms with Crippen molar-refractivity contribution in [1.82, 2.24) is 4.90 Å². The smallest absolute Gasteiger partial charge is 0.411 e. The maximum absolute atomic E-state index is 12.1. The van der Waals surface area contributed by atoms with Gasteiger partial charge in [0, 0.05) is 18.8 Å². The van der Waals surface area contributed by atoms with E-state index >= 15 is 0 Å². The van der Waals surface area contributed by atoms with Crippen molar-refractivity contribution >= 4 is 17.9 Å². The summed E-state index contributed by atoms with van der Waals surface area (Å²) in [5.74, 6) is 0.412. The van der Waals surface area contributed by atoms with Crippen LogP contribution in [0, 0.1) is 0 Å². The Hall–Kier alpha value is -2.24. The molecule has 1 saturated heterocycles. The molecule has 0 unspecified atom stereocenters. The van der Waals surface area contributed by atoms with Gasteiger partial charge in [-0.15, -0.1) is 0 Å². The van der Waals surface area contributed by atoms with Gasteiger partial charge in [-0.3, -0.25) is 5.32 Å². The van der Waals surface area contributed by atoms with E-state index in [1.807, 2.05) is 45.0 Å². The molecule has 1 aromatic carbocycles. The Morgan fingerprint density at radius 3 is 2.28 bits per heavy atom. The first-order valence-electron chi connectivity index (χ1n) is 8.80. The number of hydrogen-bond acceptors (Lipinski definition) is 4. The Labute approximate surface area is 149 Å². The van der Waals surface area contributed by atoms with Gasteiger partial charge in [-0.2, -0.15) is 0 Å². The van der Waals surface area contributed by atoms with E-state index < -0.39 is 11.7 Å². The summed E-state index contributed by atoms with van der Waals surface area (Å²) in [6.45, 7) is 9.15. The van der Waals surface area contributed by atoms with Crippen molar-refractivity contribution in [2.24, 2.45) is 0 Å². The first kappa shape index (κ1) is 19.1. The normalized spacial score (nSPS) is 15.6. The molecule has 1 aliphatic rings. The van der Waals surface area contributed by atoms with E-state index in [0.717, 1.165) is 12.8 Å². The number of hydrogen-bond donors (Lipinski definition) is 1. The number of likely N-dealkylation sites (tertiary alicyclic amines) is 1. The molecule has 1 aromatic rings. The fraction of sp³-hybridized carbons (Fsp3) is 0.579. The van der Waals surface area contributed by atoms with Crippen molar-refractivity contribution in [2.75, 3.05) is 25.0 Å². The molecule has 0 atom stereocenters. The van der Waals surface area contributed by atoms with Crippen LogP contribution in [0.5, 0.6) is 0 Å². The fourth-order valence-electron chi connectivity index (χ4n) is 2.85. The van der Waals surface area contributed by atoms with Gasteiger partial charge in [0.2, 0.25) is 0 Å². The first-order chi connectivity index (χ1) is 11.8. The van der Waals surface area contributed by atoms with Crippen LogP contribution in [0.25, 0.3) is 0 Å². The van der Waals surface area contributed by atoms with Crippen molar-refractivity contribution in [3.8, 4) is 0 Å². The van der Waals surface area contributed by atoms with Gasteiger partial charge in [0.05, 0.1) is 6.61 Å². The minimum Gasteiger partial charge on any atom is -0.450 e. The Morgan fingerprint density at radius 2 is 1.76 bits per heavy atom. The van der Waals surface area contributed by atoms with Gasteiger partial charge in [0.1, 0.15) is 5.60 Å². The molecule has 1 heterocycles. The highest BCUT2D eigenvalue weighted by atomic mass is 16.6. The second-order valence-electron chi connectivity index (χ2n) is 7.21. The standard InChI is InChI=1S/C19H28N2O4/c1-5-24-17(22)20-16-8-6-14(7-9-16)15-10-12-21(13-11-15)18(23)25-19(2,3)4/h6-9,15H,5,10-13H2,1-4H3,(H,20,22). The van der Waals surface area contributed by atoms with Crippen LogP contribution in [0.2, 0.25) is 0 Å². The number of piperidine rings is 1. The zero-order valence-electron chi connectivity index (χ0n) is 15.5. The van der Waals surface area contributed by atoms with Gasteiger partial charge in [-0.1, -0.05) is 12.1 Å². The number of rotatable bonds is 3. The molecule has 6 nitrogen and oxygen atoms in total. The van der Waals surface area contributed by atoms with E-state index in [2.05, 4.69) is 5.32 Å². The lowest BCUT2D eigenvalue weighted by Gasteiger charge is -2.33. The van der Waals surface area contributed by atoms with Crippen LogP contribution < -0.4 is 5.32 Å². The Morgan fingerprint density at radius 1 is 1.16 bits per heavy atom. The Bertz CT molecular complexity index is 584. The monoisotopic (exact) mass is 348 g/mol. The van der Waals surface area contributed by atoms with Crippen LogP contribution in [-0.4, -0.2) is 42.4 Å². The summed E-state index contributed by atoms with van der Waals surface area (Å²) in [5, 5.41) is 2.69. The quantitative estimate of drug-likeness (QED) is 0.881. The summed E-state index contributed by atoms with van der Waals surface area (Å²) in [5.41, 5.74) is 1.47. The molecule has 1 aliphatic heterocycles. The van der Waals surface area contributed by atoms with E-state index in [-0.39, 0.29) is 6.09 Å². The second-order valence-corrected chi connectivity index (χ2v) is 7.21. The number of ether oxygens (including phenoxy) is 2. The average molecular weight is 348 g/mol. The summed E-state index contributed by atoms with van der Waals surface area (Å²) in [6, 6.07) is 7.81. The van der Waals surface area contributed by atoms with E-state index in [1.54, 1.807) is 11.8 Å². The van der Waals surface area contributed by atoms with Gasteiger partial charge in [0.15, 0.2) is 0 Å². The molecule has 0 spiro atoms. The molecular formula is C19H28N2O4. The van der Waals surface area contributed by atoms with Crippen LogP contribution >= 0.6 is 0 Å². The predicted octanol–water partition coefficient (Wildman–Crippen LogP) is 4.37. The number of carbonyl (C=O) groups excluding carboxylic acids is 2. The average Bonchev–Trinajstić information content (AvgIpc) is 2.54. The Kier molecular flexibility index (Phi) is 6.28. The number of carbonyl (C=O) groups is 2. The molecule has 0 saturated carbocycles.